The summed E-state index contributed by atoms with van der Waals surface area (Å²) in [5, 5.41) is 19.2. The topological polar surface area (TPSA) is 40.5 Å². The molecule has 92 valence electrons. The molecule has 3 atom stereocenters. The van der Waals surface area contributed by atoms with E-state index in [1.807, 2.05) is 6.92 Å². The lowest BCUT2D eigenvalue weighted by Gasteiger charge is -2.30. The fourth-order valence-electron chi connectivity index (χ4n) is 2.31. The minimum absolute atomic E-state index is 0.143. The molecule has 0 radical (unpaired) electrons. The smallest absolute Gasteiger partial charge is 0.0643 e. The predicted octanol–water partition coefficient (Wildman–Crippen LogP) is 2.67. The molecule has 1 rings (SSSR count). The average Bonchev–Trinajstić information content (AvgIpc) is 2.27. The first-order chi connectivity index (χ1) is 7.60. The van der Waals surface area contributed by atoms with Gasteiger partial charge in [-0.15, -0.1) is 0 Å². The molecule has 0 aromatic rings. The quantitative estimate of drug-likeness (QED) is 0.753. The van der Waals surface area contributed by atoms with Crippen LogP contribution in [0.2, 0.25) is 0 Å². The van der Waals surface area contributed by atoms with Gasteiger partial charge in [0.2, 0.25) is 0 Å². The second kappa shape index (κ2) is 6.21. The first-order valence-corrected chi connectivity index (χ1v) is 6.28. The Hall–Kier alpha value is -0.600. The lowest BCUT2D eigenvalue weighted by Crippen LogP contribution is -2.26. The van der Waals surface area contributed by atoms with Crippen LogP contribution in [0.15, 0.2) is 23.8 Å². The number of aliphatic hydroxyl groups is 2. The lowest BCUT2D eigenvalue weighted by molar-refractivity contribution is 0.118. The van der Waals surface area contributed by atoms with Crippen LogP contribution in [0.1, 0.15) is 39.5 Å². The summed E-state index contributed by atoms with van der Waals surface area (Å²) in [5.41, 5.74) is 2.13. The molecule has 0 saturated heterocycles. The van der Waals surface area contributed by atoms with Crippen LogP contribution in [0, 0.1) is 11.8 Å². The summed E-state index contributed by atoms with van der Waals surface area (Å²) in [4.78, 5) is 0. The number of rotatable bonds is 5. The molecule has 0 spiro atoms. The Morgan fingerprint density at radius 2 is 2.25 bits per heavy atom. The third kappa shape index (κ3) is 3.19. The molecule has 2 N–H and O–H groups in total. The van der Waals surface area contributed by atoms with Gasteiger partial charge in [0, 0.05) is 18.4 Å². The highest BCUT2D eigenvalue weighted by Gasteiger charge is 2.26. The van der Waals surface area contributed by atoms with Crippen molar-refractivity contribution in [1.29, 1.82) is 0 Å². The molecule has 0 aromatic heterocycles. The summed E-state index contributed by atoms with van der Waals surface area (Å²) in [6, 6.07) is 0. The molecule has 0 amide bonds. The minimum atomic E-state index is -0.284. The Labute approximate surface area is 98.7 Å². The molecule has 0 aromatic carbocycles. The van der Waals surface area contributed by atoms with E-state index in [9.17, 15) is 10.2 Å². The molecule has 0 bridgehead atoms. The van der Waals surface area contributed by atoms with E-state index in [2.05, 4.69) is 19.6 Å². The Morgan fingerprint density at radius 3 is 2.81 bits per heavy atom. The SMILES string of the molecule is C=C1C[C@H](O)C(CCCC)C=C1[C@H](C)CO. The first kappa shape index (κ1) is 13.5. The van der Waals surface area contributed by atoms with Crippen molar-refractivity contribution in [3.05, 3.63) is 23.8 Å². The molecule has 1 aliphatic carbocycles. The third-order valence-corrected chi connectivity index (χ3v) is 3.45. The minimum Gasteiger partial charge on any atom is -0.396 e. The van der Waals surface area contributed by atoms with Gasteiger partial charge >= 0.3 is 0 Å². The number of hydrogen-bond donors (Lipinski definition) is 2. The van der Waals surface area contributed by atoms with Crippen LogP contribution >= 0.6 is 0 Å². The Morgan fingerprint density at radius 1 is 1.56 bits per heavy atom. The number of aliphatic hydroxyl groups excluding tert-OH is 2. The molecule has 1 aliphatic rings. The van der Waals surface area contributed by atoms with E-state index < -0.39 is 0 Å². The van der Waals surface area contributed by atoms with Gasteiger partial charge in [-0.05, 0) is 24.0 Å². The van der Waals surface area contributed by atoms with E-state index in [1.54, 1.807) is 0 Å². The standard InChI is InChI=1S/C14H24O2/c1-4-5-6-12-8-13(11(3)9-15)10(2)7-14(12)16/h8,11-12,14-16H,2,4-7,9H2,1,3H3/t11-,12?,14+/m1/s1. The summed E-state index contributed by atoms with van der Waals surface area (Å²) < 4.78 is 0. The van der Waals surface area contributed by atoms with Crippen molar-refractivity contribution >= 4 is 0 Å². The van der Waals surface area contributed by atoms with Crippen LogP contribution in [0.25, 0.3) is 0 Å². The fourth-order valence-corrected chi connectivity index (χ4v) is 2.31. The number of hydrogen-bond acceptors (Lipinski definition) is 2. The van der Waals surface area contributed by atoms with Crippen molar-refractivity contribution in [1.82, 2.24) is 0 Å². The van der Waals surface area contributed by atoms with Crippen molar-refractivity contribution in [3.63, 3.8) is 0 Å². The van der Waals surface area contributed by atoms with E-state index in [0.717, 1.165) is 30.4 Å². The van der Waals surface area contributed by atoms with Crippen molar-refractivity contribution in [3.8, 4) is 0 Å². The van der Waals surface area contributed by atoms with Crippen LogP contribution in [0.4, 0.5) is 0 Å². The van der Waals surface area contributed by atoms with Crippen molar-refractivity contribution in [2.24, 2.45) is 11.8 Å². The van der Waals surface area contributed by atoms with E-state index >= 15 is 0 Å². The molecule has 0 fully saturated rings. The van der Waals surface area contributed by atoms with E-state index in [-0.39, 0.29) is 24.5 Å². The van der Waals surface area contributed by atoms with Crippen molar-refractivity contribution < 1.29 is 10.2 Å². The summed E-state index contributed by atoms with van der Waals surface area (Å²) >= 11 is 0. The summed E-state index contributed by atoms with van der Waals surface area (Å²) in [5.74, 6) is 0.388. The molecule has 0 aliphatic heterocycles. The predicted molar refractivity (Wildman–Crippen MR) is 67.1 cm³/mol. The zero-order valence-corrected chi connectivity index (χ0v) is 10.4. The highest BCUT2D eigenvalue weighted by molar-refractivity contribution is 5.34. The molecule has 1 unspecified atom stereocenters. The maximum absolute atomic E-state index is 9.97. The Kier molecular flexibility index (Phi) is 5.23. The molecule has 2 heteroatoms. The largest absolute Gasteiger partial charge is 0.396 e. The monoisotopic (exact) mass is 224 g/mol. The van der Waals surface area contributed by atoms with Gasteiger partial charge < -0.3 is 10.2 Å². The second-order valence-corrected chi connectivity index (χ2v) is 4.89. The zero-order chi connectivity index (χ0) is 12.1. The van der Waals surface area contributed by atoms with Gasteiger partial charge in [0.05, 0.1) is 6.10 Å². The highest BCUT2D eigenvalue weighted by atomic mass is 16.3. The van der Waals surface area contributed by atoms with Gasteiger partial charge in [-0.1, -0.05) is 39.3 Å². The van der Waals surface area contributed by atoms with Crippen LogP contribution in [-0.2, 0) is 0 Å². The lowest BCUT2D eigenvalue weighted by atomic mass is 9.78. The molecule has 0 heterocycles. The highest BCUT2D eigenvalue weighted by Crippen LogP contribution is 2.33. The molecular weight excluding hydrogens is 200 g/mol. The summed E-state index contributed by atoms with van der Waals surface area (Å²) in [6.45, 7) is 8.31. The Balaban J connectivity index is 2.76. The molecule has 2 nitrogen and oxygen atoms in total. The molecule has 16 heavy (non-hydrogen) atoms. The van der Waals surface area contributed by atoms with Crippen LogP contribution in [-0.4, -0.2) is 22.9 Å². The zero-order valence-electron chi connectivity index (χ0n) is 10.4. The van der Waals surface area contributed by atoms with Gasteiger partial charge in [0.1, 0.15) is 0 Å². The average molecular weight is 224 g/mol. The van der Waals surface area contributed by atoms with E-state index in [1.165, 1.54) is 0 Å². The van der Waals surface area contributed by atoms with Crippen LogP contribution in [0.3, 0.4) is 0 Å². The fraction of sp³-hybridized carbons (Fsp3) is 0.714. The number of unbranched alkanes of at least 4 members (excludes halogenated alkanes) is 1. The van der Waals surface area contributed by atoms with E-state index in [0.29, 0.717) is 6.42 Å². The van der Waals surface area contributed by atoms with Gasteiger partial charge in [0.15, 0.2) is 0 Å². The van der Waals surface area contributed by atoms with Gasteiger partial charge in [0.25, 0.3) is 0 Å². The van der Waals surface area contributed by atoms with Gasteiger partial charge in [-0.3, -0.25) is 0 Å². The van der Waals surface area contributed by atoms with Gasteiger partial charge in [-0.25, -0.2) is 0 Å². The maximum Gasteiger partial charge on any atom is 0.0643 e. The second-order valence-electron chi connectivity index (χ2n) is 4.89. The summed E-state index contributed by atoms with van der Waals surface area (Å²) in [6.07, 6.45) is 5.84. The van der Waals surface area contributed by atoms with E-state index in [4.69, 9.17) is 0 Å². The Bertz CT molecular complexity index is 268. The third-order valence-electron chi connectivity index (χ3n) is 3.45. The van der Waals surface area contributed by atoms with Gasteiger partial charge in [-0.2, -0.15) is 0 Å². The van der Waals surface area contributed by atoms with Crippen molar-refractivity contribution in [2.75, 3.05) is 6.61 Å². The molecule has 0 saturated carbocycles. The normalized spacial score (nSPS) is 27.8. The van der Waals surface area contributed by atoms with Crippen molar-refractivity contribution in [2.45, 2.75) is 45.6 Å². The first-order valence-electron chi connectivity index (χ1n) is 6.28. The maximum atomic E-state index is 9.97. The molecular formula is C14H24O2. The summed E-state index contributed by atoms with van der Waals surface area (Å²) in [7, 11) is 0. The van der Waals surface area contributed by atoms with Crippen LogP contribution < -0.4 is 0 Å². The van der Waals surface area contributed by atoms with Crippen LogP contribution in [0.5, 0.6) is 0 Å².